The first-order valence-corrected chi connectivity index (χ1v) is 9.13. The Hall–Kier alpha value is -2.70. The summed E-state index contributed by atoms with van der Waals surface area (Å²) in [6, 6.07) is 9.18. The van der Waals surface area contributed by atoms with E-state index in [-0.39, 0.29) is 24.3 Å². The van der Waals surface area contributed by atoms with E-state index in [0.717, 1.165) is 43.0 Å². The maximum absolute atomic E-state index is 12.4. The van der Waals surface area contributed by atoms with Crippen LogP contribution in [0.1, 0.15) is 55.9 Å². The van der Waals surface area contributed by atoms with Crippen molar-refractivity contribution in [3.05, 3.63) is 47.5 Å². The van der Waals surface area contributed by atoms with Gasteiger partial charge in [-0.3, -0.25) is 9.59 Å². The molecule has 1 aromatic carbocycles. The molecular weight excluding hydrogens is 330 g/mol. The lowest BCUT2D eigenvalue weighted by Crippen LogP contribution is -2.33. The van der Waals surface area contributed by atoms with Crippen molar-refractivity contribution in [3.63, 3.8) is 0 Å². The third kappa shape index (κ3) is 4.68. The quantitative estimate of drug-likeness (QED) is 0.828. The predicted octanol–water partition coefficient (Wildman–Crippen LogP) is 1.89. The van der Waals surface area contributed by atoms with Crippen molar-refractivity contribution in [1.82, 2.24) is 25.4 Å². The highest BCUT2D eigenvalue weighted by molar-refractivity contribution is 5.79. The van der Waals surface area contributed by atoms with Crippen molar-refractivity contribution in [3.8, 4) is 0 Å². The first-order valence-electron chi connectivity index (χ1n) is 9.13. The zero-order chi connectivity index (χ0) is 18.4. The first kappa shape index (κ1) is 18.1. The second-order valence-electron chi connectivity index (χ2n) is 6.64. The van der Waals surface area contributed by atoms with E-state index < -0.39 is 0 Å². The second kappa shape index (κ2) is 8.60. The van der Waals surface area contributed by atoms with Gasteiger partial charge < -0.3 is 15.2 Å². The molecule has 7 nitrogen and oxygen atoms in total. The Balaban J connectivity index is 1.60. The lowest BCUT2D eigenvalue weighted by Gasteiger charge is -2.18. The highest BCUT2D eigenvalue weighted by atomic mass is 16.2. The van der Waals surface area contributed by atoms with Crippen LogP contribution in [0.15, 0.2) is 30.3 Å². The molecule has 1 atom stereocenters. The van der Waals surface area contributed by atoms with Gasteiger partial charge in [0.25, 0.3) is 0 Å². The highest BCUT2D eigenvalue weighted by Crippen LogP contribution is 2.17. The second-order valence-corrected chi connectivity index (χ2v) is 6.64. The molecular formula is C19H25N5O2. The summed E-state index contributed by atoms with van der Waals surface area (Å²) >= 11 is 0. The minimum absolute atomic E-state index is 0.126. The average Bonchev–Trinajstić information content (AvgIpc) is 2.86. The van der Waals surface area contributed by atoms with Gasteiger partial charge in [-0.1, -0.05) is 36.8 Å². The van der Waals surface area contributed by atoms with Crippen LogP contribution in [0, 0.1) is 0 Å². The Kier molecular flexibility index (Phi) is 5.99. The van der Waals surface area contributed by atoms with E-state index in [4.69, 9.17) is 0 Å². The Bertz CT molecular complexity index is 757. The van der Waals surface area contributed by atoms with Gasteiger partial charge in [0.1, 0.15) is 5.82 Å². The molecule has 0 spiro atoms. The van der Waals surface area contributed by atoms with Gasteiger partial charge in [-0.05, 0) is 18.4 Å². The largest absolute Gasteiger partial charge is 0.349 e. The van der Waals surface area contributed by atoms with Gasteiger partial charge in [0.05, 0.1) is 19.0 Å². The summed E-state index contributed by atoms with van der Waals surface area (Å²) in [4.78, 5) is 23.9. The number of fused-ring (bicyclic) bond motifs is 1. The molecule has 0 bridgehead atoms. The van der Waals surface area contributed by atoms with Gasteiger partial charge >= 0.3 is 0 Å². The van der Waals surface area contributed by atoms with Crippen LogP contribution in [-0.4, -0.2) is 26.6 Å². The summed E-state index contributed by atoms with van der Waals surface area (Å²) in [5.41, 5.74) is 0.911. The Morgan fingerprint density at radius 1 is 1.15 bits per heavy atom. The van der Waals surface area contributed by atoms with E-state index in [9.17, 15) is 9.59 Å². The van der Waals surface area contributed by atoms with Crippen LogP contribution in [0.2, 0.25) is 0 Å². The molecule has 1 aromatic heterocycles. The van der Waals surface area contributed by atoms with Crippen molar-refractivity contribution >= 4 is 11.8 Å². The molecule has 1 aliphatic rings. The Labute approximate surface area is 153 Å². The van der Waals surface area contributed by atoms with Crippen LogP contribution in [0.3, 0.4) is 0 Å². The van der Waals surface area contributed by atoms with Crippen LogP contribution in [-0.2, 0) is 29.1 Å². The molecule has 2 N–H and O–H groups in total. The maximum atomic E-state index is 12.4. The number of aromatic nitrogens is 3. The van der Waals surface area contributed by atoms with Crippen LogP contribution in [0.4, 0.5) is 0 Å². The maximum Gasteiger partial charge on any atom is 0.222 e. The molecule has 0 saturated carbocycles. The molecule has 26 heavy (non-hydrogen) atoms. The lowest BCUT2D eigenvalue weighted by atomic mass is 10.0. The van der Waals surface area contributed by atoms with E-state index in [2.05, 4.69) is 25.4 Å². The summed E-state index contributed by atoms with van der Waals surface area (Å²) in [7, 11) is 0. The molecule has 2 aromatic rings. The third-order valence-corrected chi connectivity index (χ3v) is 4.60. The number of hydrogen-bond acceptors (Lipinski definition) is 4. The van der Waals surface area contributed by atoms with Crippen molar-refractivity contribution in [1.29, 1.82) is 0 Å². The Morgan fingerprint density at radius 3 is 2.73 bits per heavy atom. The fourth-order valence-corrected chi connectivity index (χ4v) is 3.29. The van der Waals surface area contributed by atoms with Crippen LogP contribution < -0.4 is 10.6 Å². The molecule has 3 rings (SSSR count). The van der Waals surface area contributed by atoms with E-state index in [1.807, 2.05) is 30.3 Å². The monoisotopic (exact) mass is 355 g/mol. The van der Waals surface area contributed by atoms with Crippen molar-refractivity contribution in [2.75, 3.05) is 0 Å². The normalized spacial score (nSPS) is 14.8. The molecule has 0 fully saturated rings. The summed E-state index contributed by atoms with van der Waals surface area (Å²) < 4.78 is 2.12. The zero-order valence-electron chi connectivity index (χ0n) is 15.1. The van der Waals surface area contributed by atoms with Gasteiger partial charge in [-0.15, -0.1) is 10.2 Å². The SMILES string of the molecule is CC(=O)NC(CC(=O)NCc1nnc2n1CCCCC2)c1ccccc1. The number of carbonyl (C=O) groups is 2. The van der Waals surface area contributed by atoms with Crippen LogP contribution >= 0.6 is 0 Å². The number of benzene rings is 1. The third-order valence-electron chi connectivity index (χ3n) is 4.60. The molecule has 7 heteroatoms. The van der Waals surface area contributed by atoms with Gasteiger partial charge in [0, 0.05) is 19.9 Å². The van der Waals surface area contributed by atoms with Gasteiger partial charge in [-0.2, -0.15) is 0 Å². The zero-order valence-corrected chi connectivity index (χ0v) is 15.1. The summed E-state index contributed by atoms with van der Waals surface area (Å²) in [6.45, 7) is 2.72. The molecule has 0 aliphatic carbocycles. The van der Waals surface area contributed by atoms with Crippen LogP contribution in [0.25, 0.3) is 0 Å². The number of rotatable bonds is 6. The molecule has 2 amide bonds. The molecule has 0 saturated heterocycles. The van der Waals surface area contributed by atoms with Crippen molar-refractivity contribution in [2.24, 2.45) is 0 Å². The van der Waals surface area contributed by atoms with E-state index in [0.29, 0.717) is 6.54 Å². The van der Waals surface area contributed by atoms with Gasteiger partial charge in [0.15, 0.2) is 5.82 Å². The molecule has 2 heterocycles. The number of carbonyl (C=O) groups excluding carboxylic acids is 2. The molecule has 1 unspecified atom stereocenters. The van der Waals surface area contributed by atoms with Gasteiger partial charge in [-0.25, -0.2) is 0 Å². The van der Waals surface area contributed by atoms with Gasteiger partial charge in [0.2, 0.25) is 11.8 Å². The number of aryl methyl sites for hydroxylation is 1. The lowest BCUT2D eigenvalue weighted by molar-refractivity contribution is -0.123. The fraction of sp³-hybridized carbons (Fsp3) is 0.474. The minimum atomic E-state index is -0.343. The number of nitrogens with one attached hydrogen (secondary N) is 2. The highest BCUT2D eigenvalue weighted by Gasteiger charge is 2.19. The average molecular weight is 355 g/mol. The van der Waals surface area contributed by atoms with Crippen molar-refractivity contribution < 1.29 is 9.59 Å². The molecule has 1 aliphatic heterocycles. The number of amides is 2. The Morgan fingerprint density at radius 2 is 1.96 bits per heavy atom. The summed E-state index contributed by atoms with van der Waals surface area (Å²) in [5.74, 6) is 1.52. The standard InChI is InChI=1S/C19H25N5O2/c1-14(25)21-16(15-8-4-2-5-9-15)12-19(26)20-13-18-23-22-17-10-6-3-7-11-24(17)18/h2,4-5,8-9,16H,3,6-7,10-13H2,1H3,(H,20,26)(H,21,25). The summed E-state index contributed by atoms with van der Waals surface area (Å²) in [6.07, 6.45) is 4.58. The molecule has 138 valence electrons. The number of nitrogens with zero attached hydrogens (tertiary/aromatic N) is 3. The minimum Gasteiger partial charge on any atom is -0.349 e. The summed E-state index contributed by atoms with van der Waals surface area (Å²) in [5, 5.41) is 14.2. The van der Waals surface area contributed by atoms with Crippen LogP contribution in [0.5, 0.6) is 0 Å². The fourth-order valence-electron chi connectivity index (χ4n) is 3.29. The molecule has 0 radical (unpaired) electrons. The van der Waals surface area contributed by atoms with E-state index in [1.165, 1.54) is 13.3 Å². The smallest absolute Gasteiger partial charge is 0.222 e. The van der Waals surface area contributed by atoms with E-state index in [1.54, 1.807) is 0 Å². The first-order chi connectivity index (χ1) is 12.6. The number of hydrogen-bond donors (Lipinski definition) is 2. The van der Waals surface area contributed by atoms with Crippen molar-refractivity contribution in [2.45, 2.75) is 58.2 Å². The predicted molar refractivity (Wildman–Crippen MR) is 97.0 cm³/mol. The van der Waals surface area contributed by atoms with E-state index >= 15 is 0 Å². The topological polar surface area (TPSA) is 88.9 Å².